The number of rotatable bonds is 6. The molecule has 0 bridgehead atoms. The maximum Gasteiger partial charge on any atom is 0.120 e. The Labute approximate surface area is 124 Å². The second kappa shape index (κ2) is 5.85. The number of hydrogen-bond donors (Lipinski definition) is 1. The van der Waals surface area contributed by atoms with Crippen molar-refractivity contribution in [2.75, 3.05) is 12.0 Å². The average Bonchev–Trinajstić information content (AvgIpc) is 3.20. The smallest absolute Gasteiger partial charge is 0.120 e. The minimum Gasteiger partial charge on any atom is -0.497 e. The lowest BCUT2D eigenvalue weighted by atomic mass is 10.1. The van der Waals surface area contributed by atoms with E-state index in [0.717, 1.165) is 12.3 Å². The van der Waals surface area contributed by atoms with E-state index in [0.29, 0.717) is 12.6 Å². The summed E-state index contributed by atoms with van der Waals surface area (Å²) in [5.74, 6) is 0.896. The summed E-state index contributed by atoms with van der Waals surface area (Å²) < 4.78 is 5.37. The van der Waals surface area contributed by atoms with E-state index in [4.69, 9.17) is 10.5 Å². The Kier molecular flexibility index (Phi) is 3.94. The molecule has 0 radical (unpaired) electrons. The highest BCUT2D eigenvalue weighted by molar-refractivity contribution is 7.07. The van der Waals surface area contributed by atoms with E-state index in [1.807, 2.05) is 6.07 Å². The van der Waals surface area contributed by atoms with Gasteiger partial charge in [-0.15, -0.1) is 0 Å². The lowest BCUT2D eigenvalue weighted by molar-refractivity contribution is 0.414. The first-order valence-electron chi connectivity index (χ1n) is 6.96. The van der Waals surface area contributed by atoms with Crippen LogP contribution in [0.15, 0.2) is 35.0 Å². The zero-order valence-electron chi connectivity index (χ0n) is 11.7. The van der Waals surface area contributed by atoms with E-state index in [-0.39, 0.29) is 0 Å². The highest BCUT2D eigenvalue weighted by atomic mass is 32.1. The van der Waals surface area contributed by atoms with Crippen LogP contribution in [0.4, 0.5) is 5.69 Å². The second-order valence-electron chi connectivity index (χ2n) is 5.19. The number of anilines is 1. The predicted octanol–water partition coefficient (Wildman–Crippen LogP) is 3.38. The van der Waals surface area contributed by atoms with Crippen LogP contribution < -0.4 is 15.4 Å². The van der Waals surface area contributed by atoms with Gasteiger partial charge in [-0.2, -0.15) is 11.3 Å². The van der Waals surface area contributed by atoms with Crippen LogP contribution in [0.25, 0.3) is 0 Å². The van der Waals surface area contributed by atoms with Crippen molar-refractivity contribution < 1.29 is 4.74 Å². The van der Waals surface area contributed by atoms with Crippen molar-refractivity contribution in [3.63, 3.8) is 0 Å². The molecule has 0 aliphatic heterocycles. The van der Waals surface area contributed by atoms with Crippen LogP contribution in [0.3, 0.4) is 0 Å². The Morgan fingerprint density at radius 2 is 2.20 bits per heavy atom. The topological polar surface area (TPSA) is 38.5 Å². The number of methoxy groups -OCH3 is 1. The van der Waals surface area contributed by atoms with Crippen LogP contribution in [0.1, 0.15) is 24.0 Å². The first-order valence-corrected chi connectivity index (χ1v) is 7.91. The van der Waals surface area contributed by atoms with Crippen molar-refractivity contribution in [1.29, 1.82) is 0 Å². The maximum atomic E-state index is 5.91. The lowest BCUT2D eigenvalue weighted by Crippen LogP contribution is -2.26. The van der Waals surface area contributed by atoms with Crippen molar-refractivity contribution >= 4 is 17.0 Å². The van der Waals surface area contributed by atoms with Crippen LogP contribution in [0, 0.1) is 0 Å². The van der Waals surface area contributed by atoms with Gasteiger partial charge in [0.2, 0.25) is 0 Å². The van der Waals surface area contributed by atoms with E-state index in [2.05, 4.69) is 33.9 Å². The molecule has 2 aromatic rings. The minimum atomic E-state index is 0.562. The van der Waals surface area contributed by atoms with E-state index in [1.165, 1.54) is 29.7 Å². The third kappa shape index (κ3) is 2.81. The summed E-state index contributed by atoms with van der Waals surface area (Å²) in [5, 5.41) is 4.35. The quantitative estimate of drug-likeness (QED) is 0.885. The minimum absolute atomic E-state index is 0.562. The second-order valence-corrected chi connectivity index (χ2v) is 5.97. The van der Waals surface area contributed by atoms with Gasteiger partial charge in [0, 0.05) is 30.9 Å². The van der Waals surface area contributed by atoms with Gasteiger partial charge in [-0.3, -0.25) is 0 Å². The zero-order valence-corrected chi connectivity index (χ0v) is 12.5. The standard InChI is InChI=1S/C16H20N2OS/c1-19-15-5-2-13(9-17)16(8-15)18(14-3-4-14)10-12-6-7-20-11-12/h2,5-8,11,14H,3-4,9-10,17H2,1H3. The Hall–Kier alpha value is -1.52. The van der Waals surface area contributed by atoms with Crippen LogP contribution in [0.5, 0.6) is 5.75 Å². The van der Waals surface area contributed by atoms with E-state index in [1.54, 1.807) is 18.4 Å². The molecule has 1 saturated carbocycles. The first-order chi connectivity index (χ1) is 9.81. The largest absolute Gasteiger partial charge is 0.497 e. The molecule has 20 heavy (non-hydrogen) atoms. The van der Waals surface area contributed by atoms with Crippen molar-refractivity contribution in [3.05, 3.63) is 46.2 Å². The lowest BCUT2D eigenvalue weighted by Gasteiger charge is -2.27. The van der Waals surface area contributed by atoms with Gasteiger partial charge in [0.1, 0.15) is 5.75 Å². The number of nitrogens with two attached hydrogens (primary N) is 1. The Balaban J connectivity index is 1.93. The summed E-state index contributed by atoms with van der Waals surface area (Å²) in [7, 11) is 1.71. The summed E-state index contributed by atoms with van der Waals surface area (Å²) in [5.41, 5.74) is 9.69. The molecule has 1 aliphatic rings. The summed E-state index contributed by atoms with van der Waals surface area (Å²) in [4.78, 5) is 2.48. The van der Waals surface area contributed by atoms with E-state index >= 15 is 0 Å². The fourth-order valence-corrected chi connectivity index (χ4v) is 3.15. The van der Waals surface area contributed by atoms with Gasteiger partial charge in [-0.25, -0.2) is 0 Å². The molecule has 3 nitrogen and oxygen atoms in total. The van der Waals surface area contributed by atoms with Crippen molar-refractivity contribution in [2.24, 2.45) is 5.73 Å². The molecule has 0 amide bonds. The van der Waals surface area contributed by atoms with Crippen LogP contribution in [-0.2, 0) is 13.1 Å². The van der Waals surface area contributed by atoms with Gasteiger partial charge in [0.05, 0.1) is 7.11 Å². The first kappa shape index (κ1) is 13.5. The van der Waals surface area contributed by atoms with Gasteiger partial charge < -0.3 is 15.4 Å². The molecule has 1 aromatic heterocycles. The summed E-state index contributed by atoms with van der Waals surface area (Å²) in [6.45, 7) is 1.51. The Morgan fingerprint density at radius 3 is 2.80 bits per heavy atom. The third-order valence-corrected chi connectivity index (χ3v) is 4.47. The Morgan fingerprint density at radius 1 is 1.35 bits per heavy atom. The SMILES string of the molecule is COc1ccc(CN)c(N(Cc2ccsc2)C2CC2)c1. The van der Waals surface area contributed by atoms with Crippen LogP contribution in [-0.4, -0.2) is 13.2 Å². The van der Waals surface area contributed by atoms with Crippen molar-refractivity contribution in [3.8, 4) is 5.75 Å². The molecule has 3 rings (SSSR count). The van der Waals surface area contributed by atoms with Crippen LogP contribution in [0.2, 0.25) is 0 Å². The molecule has 0 spiro atoms. The normalized spacial score (nSPS) is 14.3. The molecule has 1 aliphatic carbocycles. The molecule has 106 valence electrons. The summed E-state index contributed by atoms with van der Waals surface area (Å²) >= 11 is 1.75. The molecule has 0 atom stereocenters. The number of hydrogen-bond acceptors (Lipinski definition) is 4. The molecule has 1 fully saturated rings. The molecule has 2 N–H and O–H groups in total. The van der Waals surface area contributed by atoms with Crippen molar-refractivity contribution in [1.82, 2.24) is 0 Å². The number of thiophene rings is 1. The summed E-state index contributed by atoms with van der Waals surface area (Å²) in [6.07, 6.45) is 2.54. The van der Waals surface area contributed by atoms with Gasteiger partial charge >= 0.3 is 0 Å². The summed E-state index contributed by atoms with van der Waals surface area (Å²) in [6, 6.07) is 9.03. The molecular weight excluding hydrogens is 268 g/mol. The van der Waals surface area contributed by atoms with Gasteiger partial charge in [0.25, 0.3) is 0 Å². The van der Waals surface area contributed by atoms with Gasteiger partial charge in [0.15, 0.2) is 0 Å². The number of nitrogens with zero attached hydrogens (tertiary/aromatic N) is 1. The molecule has 0 unspecified atom stereocenters. The Bertz CT molecular complexity index is 564. The highest BCUT2D eigenvalue weighted by Gasteiger charge is 2.30. The number of ether oxygens (including phenoxy) is 1. The predicted molar refractivity (Wildman–Crippen MR) is 84.4 cm³/mol. The zero-order chi connectivity index (χ0) is 13.9. The fraction of sp³-hybridized carbons (Fsp3) is 0.375. The third-order valence-electron chi connectivity index (χ3n) is 3.74. The molecule has 0 saturated heterocycles. The monoisotopic (exact) mass is 288 g/mol. The molecule has 1 aromatic carbocycles. The molecule has 1 heterocycles. The van der Waals surface area contributed by atoms with E-state index < -0.39 is 0 Å². The maximum absolute atomic E-state index is 5.91. The molecule has 4 heteroatoms. The highest BCUT2D eigenvalue weighted by Crippen LogP contribution is 2.36. The fourth-order valence-electron chi connectivity index (χ4n) is 2.49. The number of benzene rings is 1. The van der Waals surface area contributed by atoms with E-state index in [9.17, 15) is 0 Å². The molecular formula is C16H20N2OS. The van der Waals surface area contributed by atoms with Gasteiger partial charge in [-0.05, 0) is 46.9 Å². The van der Waals surface area contributed by atoms with Gasteiger partial charge in [-0.1, -0.05) is 6.07 Å². The average molecular weight is 288 g/mol. The van der Waals surface area contributed by atoms with Crippen LogP contribution >= 0.6 is 11.3 Å². The van der Waals surface area contributed by atoms with Crippen molar-refractivity contribution in [2.45, 2.75) is 32.0 Å².